The number of phenolic OH excluding ortho intramolecular Hbond substituents is 2. The Labute approximate surface area is 167 Å². The van der Waals surface area contributed by atoms with E-state index in [1.54, 1.807) is 0 Å². The molecule has 0 bridgehead atoms. The molecule has 0 aliphatic rings. The van der Waals surface area contributed by atoms with Gasteiger partial charge in [-0.15, -0.1) is 0 Å². The first-order valence-corrected chi connectivity index (χ1v) is 11.8. The summed E-state index contributed by atoms with van der Waals surface area (Å²) in [6.45, 7) is 11.0. The van der Waals surface area contributed by atoms with E-state index in [1.807, 2.05) is 32.9 Å². The number of benzene rings is 2. The molecule has 2 aromatic rings. The number of amides is 1. The summed E-state index contributed by atoms with van der Waals surface area (Å²) in [5.74, 6) is -0.430. The van der Waals surface area contributed by atoms with Gasteiger partial charge in [0.1, 0.15) is 5.75 Å². The Morgan fingerprint density at radius 2 is 1.71 bits per heavy atom. The number of anilines is 1. The zero-order valence-corrected chi connectivity index (χ0v) is 18.2. The van der Waals surface area contributed by atoms with Crippen LogP contribution in [0.5, 0.6) is 11.5 Å². The van der Waals surface area contributed by atoms with Crippen LogP contribution in [0.3, 0.4) is 0 Å². The van der Waals surface area contributed by atoms with Crippen LogP contribution < -0.4 is 9.67 Å². The molecular formula is C20H26AsNO6. The summed E-state index contributed by atoms with van der Waals surface area (Å²) in [5, 5.41) is 21.5. The molecule has 5 N–H and O–H groups in total. The number of allylic oxidation sites excluding steroid dienone is 1. The van der Waals surface area contributed by atoms with Crippen LogP contribution in [-0.4, -0.2) is 38.5 Å². The second-order valence-corrected chi connectivity index (χ2v) is 9.87. The van der Waals surface area contributed by atoms with Crippen molar-refractivity contribution in [3.63, 3.8) is 0 Å². The molecule has 0 heterocycles. The number of hydrogen-bond acceptors (Lipinski definition) is 4. The number of carbonyl (C=O) groups excluding carboxylic acids is 1. The third-order valence-electron chi connectivity index (χ3n) is 3.89. The van der Waals surface area contributed by atoms with Gasteiger partial charge < -0.3 is 5.11 Å². The number of hydrogen-bond donors (Lipinski definition) is 5. The molecule has 2 aromatic carbocycles. The molecule has 0 atom stereocenters. The van der Waals surface area contributed by atoms with E-state index in [0.717, 1.165) is 40.8 Å². The van der Waals surface area contributed by atoms with Gasteiger partial charge in [-0.05, 0) is 43.9 Å². The molecule has 28 heavy (non-hydrogen) atoms. The molecule has 0 saturated carbocycles. The summed E-state index contributed by atoms with van der Waals surface area (Å²) in [7, 11) is 0. The van der Waals surface area contributed by atoms with Crippen molar-refractivity contribution >= 4 is 30.1 Å². The van der Waals surface area contributed by atoms with Gasteiger partial charge in [0, 0.05) is 0 Å². The maximum atomic E-state index is 10.9. The molecule has 0 saturated heterocycles. The van der Waals surface area contributed by atoms with Crippen LogP contribution >= 0.6 is 0 Å². The molecule has 8 heteroatoms. The first kappa shape index (κ1) is 23.6. The molecule has 1 amide bonds. The first-order chi connectivity index (χ1) is 12.8. The molecule has 0 unspecified atom stereocenters. The molecule has 2 rings (SSSR count). The van der Waals surface area contributed by atoms with E-state index >= 15 is 0 Å². The first-order valence-electron chi connectivity index (χ1n) is 8.42. The van der Waals surface area contributed by atoms with Crippen LogP contribution in [0.4, 0.5) is 5.69 Å². The van der Waals surface area contributed by atoms with E-state index in [1.165, 1.54) is 13.0 Å². The van der Waals surface area contributed by atoms with Gasteiger partial charge in [0.05, 0.1) is 0 Å². The third kappa shape index (κ3) is 6.92. The monoisotopic (exact) mass is 451 g/mol. The third-order valence-corrected chi connectivity index (χ3v) is 6.00. The van der Waals surface area contributed by atoms with Crippen LogP contribution in [0.25, 0.3) is 0 Å². The predicted molar refractivity (Wildman–Crippen MR) is 109 cm³/mol. The van der Waals surface area contributed by atoms with E-state index < -0.39 is 24.3 Å². The second-order valence-electron chi connectivity index (χ2n) is 6.58. The molecule has 0 spiro atoms. The maximum absolute atomic E-state index is 10.9. The van der Waals surface area contributed by atoms with E-state index in [2.05, 4.69) is 11.9 Å². The minimum absolute atomic E-state index is 0.285. The number of aryl methyl sites for hydroxylation is 1. The Balaban J connectivity index is 0.000000283. The van der Waals surface area contributed by atoms with Gasteiger partial charge in [0.25, 0.3) is 0 Å². The van der Waals surface area contributed by atoms with Gasteiger partial charge in [0.2, 0.25) is 0 Å². The summed E-state index contributed by atoms with van der Waals surface area (Å²) >= 11 is -5.09. The Hall–Kier alpha value is -2.47. The average Bonchev–Trinajstić information content (AvgIpc) is 2.54. The fourth-order valence-electron chi connectivity index (χ4n) is 2.38. The van der Waals surface area contributed by atoms with E-state index in [9.17, 15) is 18.7 Å². The molecule has 0 radical (unpaired) electrons. The number of aromatic hydroxyl groups is 2. The van der Waals surface area contributed by atoms with E-state index in [0.29, 0.717) is 5.75 Å². The Bertz CT molecular complexity index is 933. The summed E-state index contributed by atoms with van der Waals surface area (Å²) < 4.78 is 28.2. The average molecular weight is 451 g/mol. The summed E-state index contributed by atoms with van der Waals surface area (Å²) in [4.78, 5) is 10.7. The standard InChI is InChI=1S/C12H16O.C8H10AsNO5/c1-8(2)7-11-6-5-9(3)10(4)12(11)13;1-5(11)10-6-2-3-7(8(12)4-6)9(13,14)15/h5-6,13H,1,7H2,2-4H3;2-4,12H,1H3,(H,10,11)(H2,13,14,15). The molecular weight excluding hydrogens is 425 g/mol. The number of phenols is 2. The van der Waals surface area contributed by atoms with E-state index in [-0.39, 0.29) is 11.6 Å². The molecule has 152 valence electrons. The van der Waals surface area contributed by atoms with Gasteiger partial charge in [0.15, 0.2) is 0 Å². The van der Waals surface area contributed by atoms with Crippen molar-refractivity contribution in [2.75, 3.05) is 5.32 Å². The van der Waals surface area contributed by atoms with Crippen LogP contribution in [0, 0.1) is 13.8 Å². The van der Waals surface area contributed by atoms with Crippen molar-refractivity contribution in [3.8, 4) is 11.5 Å². The van der Waals surface area contributed by atoms with Crippen LogP contribution in [0.1, 0.15) is 30.5 Å². The van der Waals surface area contributed by atoms with Crippen LogP contribution in [-0.2, 0) is 15.0 Å². The Morgan fingerprint density at radius 3 is 2.18 bits per heavy atom. The minimum atomic E-state index is -5.09. The van der Waals surface area contributed by atoms with Crippen molar-refractivity contribution in [2.45, 2.75) is 34.1 Å². The Kier molecular flexibility index (Phi) is 8.12. The van der Waals surface area contributed by atoms with Crippen molar-refractivity contribution in [3.05, 3.63) is 59.2 Å². The Morgan fingerprint density at radius 1 is 1.11 bits per heavy atom. The second kappa shape index (κ2) is 9.64. The topological polar surface area (TPSA) is 127 Å². The van der Waals surface area contributed by atoms with Crippen molar-refractivity contribution < 1.29 is 26.9 Å². The SMILES string of the molecule is C=C(C)Cc1ccc(C)c(C)c1O.CC(=O)Nc1ccc([As](=O)(O)O)c(O)c1. The molecule has 0 aromatic heterocycles. The summed E-state index contributed by atoms with van der Waals surface area (Å²) in [6, 6.07) is 7.51. The van der Waals surface area contributed by atoms with Gasteiger partial charge in [-0.3, -0.25) is 0 Å². The van der Waals surface area contributed by atoms with Crippen LogP contribution in [0.15, 0.2) is 42.5 Å². The zero-order valence-electron chi connectivity index (χ0n) is 16.4. The van der Waals surface area contributed by atoms with Gasteiger partial charge in [-0.25, -0.2) is 0 Å². The number of rotatable bonds is 4. The van der Waals surface area contributed by atoms with Gasteiger partial charge in [-0.2, -0.15) is 0 Å². The molecule has 0 fully saturated rings. The molecule has 0 aliphatic carbocycles. The van der Waals surface area contributed by atoms with Crippen LogP contribution in [0.2, 0.25) is 0 Å². The van der Waals surface area contributed by atoms with Gasteiger partial charge >= 0.3 is 88.1 Å². The van der Waals surface area contributed by atoms with Gasteiger partial charge in [-0.1, -0.05) is 24.3 Å². The normalized spacial score (nSPS) is 10.6. The summed E-state index contributed by atoms with van der Waals surface area (Å²) in [5.41, 5.74) is 4.42. The number of nitrogens with one attached hydrogen (secondary N) is 1. The summed E-state index contributed by atoms with van der Waals surface area (Å²) in [6.07, 6.45) is 0.757. The fourth-order valence-corrected chi connectivity index (χ4v) is 3.70. The quantitative estimate of drug-likeness (QED) is 0.358. The van der Waals surface area contributed by atoms with Crippen molar-refractivity contribution in [2.24, 2.45) is 0 Å². The molecule has 0 aliphatic heterocycles. The van der Waals surface area contributed by atoms with E-state index in [4.69, 9.17) is 8.19 Å². The molecule has 7 nitrogen and oxygen atoms in total. The zero-order chi connectivity index (χ0) is 21.6. The van der Waals surface area contributed by atoms with Crippen molar-refractivity contribution in [1.82, 2.24) is 0 Å². The van der Waals surface area contributed by atoms with Crippen molar-refractivity contribution in [1.29, 1.82) is 0 Å². The predicted octanol–water partition coefficient (Wildman–Crippen LogP) is 2.04. The number of carbonyl (C=O) groups is 1. The fraction of sp³-hybridized carbons (Fsp3) is 0.250.